The molecule has 2 heterocycles. The molecule has 7 nitrogen and oxygen atoms in total. The van der Waals surface area contributed by atoms with E-state index in [2.05, 4.69) is 0 Å². The number of nitrogens with two attached hydrogens (primary N) is 1. The number of rotatable bonds is 5. The highest BCUT2D eigenvalue weighted by Gasteiger charge is 2.39. The molecule has 0 aromatic heterocycles. The zero-order valence-corrected chi connectivity index (χ0v) is 17.2. The van der Waals surface area contributed by atoms with Crippen molar-refractivity contribution in [2.75, 3.05) is 32.7 Å². The number of benzene rings is 1. The summed E-state index contributed by atoms with van der Waals surface area (Å²) < 4.78 is 54.0. The summed E-state index contributed by atoms with van der Waals surface area (Å²) in [6.07, 6.45) is 2.37. The summed E-state index contributed by atoms with van der Waals surface area (Å²) in [6.45, 7) is 4.12. The van der Waals surface area contributed by atoms with Gasteiger partial charge in [-0.2, -0.15) is 8.61 Å². The predicted molar refractivity (Wildman–Crippen MR) is 102 cm³/mol. The van der Waals surface area contributed by atoms with E-state index in [1.54, 1.807) is 0 Å². The van der Waals surface area contributed by atoms with E-state index in [1.165, 1.54) is 32.9 Å². The number of nitrogens with zero attached hydrogens (tertiary/aromatic N) is 2. The molecule has 2 aliphatic heterocycles. The summed E-state index contributed by atoms with van der Waals surface area (Å²) in [6, 6.07) is 5.69. The Morgan fingerprint density at radius 2 is 1.54 bits per heavy atom. The van der Waals surface area contributed by atoms with Crippen LogP contribution in [0.2, 0.25) is 0 Å². The van der Waals surface area contributed by atoms with Crippen LogP contribution in [-0.4, -0.2) is 58.2 Å². The Bertz CT molecular complexity index is 854. The van der Waals surface area contributed by atoms with Gasteiger partial charge >= 0.3 is 0 Å². The summed E-state index contributed by atoms with van der Waals surface area (Å²) in [5, 5.41) is 0. The molecule has 2 fully saturated rings. The lowest BCUT2D eigenvalue weighted by molar-refractivity contribution is 0.349. The molecule has 0 radical (unpaired) electrons. The third kappa shape index (κ3) is 3.93. The Hall–Kier alpha value is -0.710. The first kappa shape index (κ1) is 21.6. The summed E-state index contributed by atoms with van der Waals surface area (Å²) in [7, 11) is -7.37. The standard InChI is InChI=1S/C16H25N3O4S2.ClH/c1-16(12-17)7-10-19(13-16)25(22,23)15-6-4-5-14(11-15)24(20,21)18-8-2-3-9-18;/h4-6,11H,2-3,7-10,12-13,17H2,1H3;1H. The average Bonchev–Trinajstić information content (AvgIpc) is 3.26. The van der Waals surface area contributed by atoms with Gasteiger partial charge in [0.15, 0.2) is 0 Å². The summed E-state index contributed by atoms with van der Waals surface area (Å²) >= 11 is 0. The number of sulfonamides is 2. The molecule has 2 N–H and O–H groups in total. The van der Waals surface area contributed by atoms with Crippen molar-refractivity contribution in [2.24, 2.45) is 11.1 Å². The van der Waals surface area contributed by atoms with Crippen molar-refractivity contribution in [1.82, 2.24) is 8.61 Å². The molecule has 1 unspecified atom stereocenters. The average molecular weight is 424 g/mol. The van der Waals surface area contributed by atoms with Gasteiger partial charge in [-0.05, 0) is 49.4 Å². The highest BCUT2D eigenvalue weighted by Crippen LogP contribution is 2.33. The third-order valence-corrected chi connectivity index (χ3v) is 8.90. The van der Waals surface area contributed by atoms with E-state index in [9.17, 15) is 16.8 Å². The van der Waals surface area contributed by atoms with E-state index in [0.717, 1.165) is 12.8 Å². The second-order valence-electron chi connectivity index (χ2n) is 7.19. The van der Waals surface area contributed by atoms with Crippen molar-refractivity contribution < 1.29 is 16.8 Å². The first-order valence-corrected chi connectivity index (χ1v) is 11.4. The molecule has 26 heavy (non-hydrogen) atoms. The number of hydrogen-bond acceptors (Lipinski definition) is 5. The normalized spacial score (nSPS) is 25.3. The lowest BCUT2D eigenvalue weighted by atomic mass is 9.90. The van der Waals surface area contributed by atoms with Gasteiger partial charge in [-0.15, -0.1) is 12.4 Å². The SMILES string of the molecule is CC1(CN)CCN(S(=O)(=O)c2cccc(S(=O)(=O)N3CCCC3)c2)C1.Cl. The first-order chi connectivity index (χ1) is 11.7. The maximum absolute atomic E-state index is 12.9. The van der Waals surface area contributed by atoms with E-state index in [1.807, 2.05) is 6.92 Å². The first-order valence-electron chi connectivity index (χ1n) is 8.50. The van der Waals surface area contributed by atoms with Crippen LogP contribution in [0.15, 0.2) is 34.1 Å². The topological polar surface area (TPSA) is 101 Å². The van der Waals surface area contributed by atoms with Crippen LogP contribution in [0.4, 0.5) is 0 Å². The highest BCUT2D eigenvalue weighted by atomic mass is 35.5. The van der Waals surface area contributed by atoms with E-state index >= 15 is 0 Å². The van der Waals surface area contributed by atoms with Crippen LogP contribution in [0, 0.1) is 5.41 Å². The van der Waals surface area contributed by atoms with Crippen LogP contribution in [0.1, 0.15) is 26.2 Å². The van der Waals surface area contributed by atoms with Crippen molar-refractivity contribution in [1.29, 1.82) is 0 Å². The fourth-order valence-corrected chi connectivity index (χ4v) is 6.65. The van der Waals surface area contributed by atoms with Gasteiger partial charge in [0.1, 0.15) is 0 Å². The van der Waals surface area contributed by atoms with Crippen molar-refractivity contribution in [3.8, 4) is 0 Å². The van der Waals surface area contributed by atoms with Gasteiger partial charge in [0.25, 0.3) is 0 Å². The molecular formula is C16H26ClN3O4S2. The van der Waals surface area contributed by atoms with Crippen LogP contribution < -0.4 is 5.73 Å². The molecule has 0 bridgehead atoms. The van der Waals surface area contributed by atoms with Crippen LogP contribution >= 0.6 is 12.4 Å². The molecule has 148 valence electrons. The van der Waals surface area contributed by atoms with Crippen LogP contribution in [0.25, 0.3) is 0 Å². The molecule has 2 saturated heterocycles. The monoisotopic (exact) mass is 423 g/mol. The minimum atomic E-state index is -3.73. The molecule has 0 aliphatic carbocycles. The molecule has 1 aromatic carbocycles. The van der Waals surface area contributed by atoms with E-state index < -0.39 is 20.0 Å². The Kier molecular flexibility index (Phi) is 6.42. The Morgan fingerprint density at radius 3 is 2.04 bits per heavy atom. The Balaban J connectivity index is 0.00000243. The van der Waals surface area contributed by atoms with Crippen molar-refractivity contribution in [3.05, 3.63) is 24.3 Å². The quantitative estimate of drug-likeness (QED) is 0.768. The van der Waals surface area contributed by atoms with Crippen molar-refractivity contribution in [2.45, 2.75) is 36.0 Å². The fourth-order valence-electron chi connectivity index (χ4n) is 3.37. The summed E-state index contributed by atoms with van der Waals surface area (Å²) in [5.74, 6) is 0. The molecule has 3 rings (SSSR count). The van der Waals surface area contributed by atoms with Gasteiger partial charge in [-0.1, -0.05) is 13.0 Å². The number of hydrogen-bond donors (Lipinski definition) is 1. The van der Waals surface area contributed by atoms with Crippen molar-refractivity contribution in [3.63, 3.8) is 0 Å². The van der Waals surface area contributed by atoms with Crippen molar-refractivity contribution >= 4 is 32.5 Å². The van der Waals surface area contributed by atoms with Gasteiger partial charge in [-0.25, -0.2) is 16.8 Å². The molecule has 10 heteroatoms. The molecule has 0 spiro atoms. The van der Waals surface area contributed by atoms with Gasteiger partial charge in [0.2, 0.25) is 20.0 Å². The maximum Gasteiger partial charge on any atom is 0.243 e. The van der Waals surface area contributed by atoms with Crippen LogP contribution in [-0.2, 0) is 20.0 Å². The van der Waals surface area contributed by atoms with E-state index in [0.29, 0.717) is 39.1 Å². The van der Waals surface area contributed by atoms with Crippen LogP contribution in [0.5, 0.6) is 0 Å². The van der Waals surface area contributed by atoms with E-state index in [-0.39, 0.29) is 27.6 Å². The smallest absolute Gasteiger partial charge is 0.243 e. The molecule has 0 amide bonds. The molecular weight excluding hydrogens is 398 g/mol. The minimum Gasteiger partial charge on any atom is -0.330 e. The molecule has 1 atom stereocenters. The van der Waals surface area contributed by atoms with Gasteiger partial charge < -0.3 is 5.73 Å². The molecule has 0 saturated carbocycles. The second-order valence-corrected chi connectivity index (χ2v) is 11.1. The highest BCUT2D eigenvalue weighted by molar-refractivity contribution is 7.90. The summed E-state index contributed by atoms with van der Waals surface area (Å²) in [5.41, 5.74) is 5.53. The van der Waals surface area contributed by atoms with Crippen LogP contribution in [0.3, 0.4) is 0 Å². The minimum absolute atomic E-state index is 0. The predicted octanol–water partition coefficient (Wildman–Crippen LogP) is 1.25. The molecule has 1 aromatic rings. The maximum atomic E-state index is 12.9. The lowest BCUT2D eigenvalue weighted by Crippen LogP contribution is -2.34. The lowest BCUT2D eigenvalue weighted by Gasteiger charge is -2.22. The largest absolute Gasteiger partial charge is 0.330 e. The zero-order valence-electron chi connectivity index (χ0n) is 14.8. The molecule has 2 aliphatic rings. The fraction of sp³-hybridized carbons (Fsp3) is 0.625. The Labute approximate surface area is 162 Å². The van der Waals surface area contributed by atoms with E-state index in [4.69, 9.17) is 5.73 Å². The summed E-state index contributed by atoms with van der Waals surface area (Å²) in [4.78, 5) is 0.0605. The van der Waals surface area contributed by atoms with Gasteiger partial charge in [0, 0.05) is 26.2 Å². The third-order valence-electron chi connectivity index (χ3n) is 5.16. The second kappa shape index (κ2) is 7.73. The van der Waals surface area contributed by atoms with Gasteiger partial charge in [0.05, 0.1) is 9.79 Å². The number of halogens is 1. The van der Waals surface area contributed by atoms with Gasteiger partial charge in [-0.3, -0.25) is 0 Å². The zero-order chi connectivity index (χ0) is 18.3. The Morgan fingerprint density at radius 1 is 1.00 bits per heavy atom.